The van der Waals surface area contributed by atoms with Crippen LogP contribution in [0.1, 0.15) is 0 Å². The van der Waals surface area contributed by atoms with Gasteiger partial charge in [0.1, 0.15) is 11.6 Å². The minimum Gasteiger partial charge on any atom is -0.336 e. The highest BCUT2D eigenvalue weighted by Gasteiger charge is 2.10. The van der Waals surface area contributed by atoms with Crippen LogP contribution in [0.25, 0.3) is 22.6 Å². The van der Waals surface area contributed by atoms with Gasteiger partial charge in [-0.3, -0.25) is 0 Å². The van der Waals surface area contributed by atoms with Gasteiger partial charge < -0.3 is 4.98 Å². The first-order valence-electron chi connectivity index (χ1n) is 5.00. The summed E-state index contributed by atoms with van der Waals surface area (Å²) < 4.78 is 13.6. The van der Waals surface area contributed by atoms with Crippen molar-refractivity contribution in [2.24, 2.45) is 0 Å². The van der Waals surface area contributed by atoms with Crippen LogP contribution in [-0.2, 0) is 0 Å². The molecule has 0 aliphatic heterocycles. The Morgan fingerprint density at radius 2 is 2.12 bits per heavy atom. The second kappa shape index (κ2) is 3.82. The quantitative estimate of drug-likeness (QED) is 0.716. The largest absolute Gasteiger partial charge is 0.336 e. The number of fused-ring (bicyclic) bond motifs is 1. The summed E-state index contributed by atoms with van der Waals surface area (Å²) in [5, 5.41) is 0.467. The van der Waals surface area contributed by atoms with E-state index in [-0.39, 0.29) is 5.82 Å². The Kier molecular flexibility index (Phi) is 2.30. The lowest BCUT2D eigenvalue weighted by Crippen LogP contribution is -1.86. The van der Waals surface area contributed by atoms with Crippen LogP contribution in [0.15, 0.2) is 36.5 Å². The van der Waals surface area contributed by atoms with E-state index in [9.17, 15) is 4.39 Å². The number of H-pyrrole nitrogens is 1. The molecule has 17 heavy (non-hydrogen) atoms. The van der Waals surface area contributed by atoms with Crippen molar-refractivity contribution in [2.45, 2.75) is 0 Å². The van der Waals surface area contributed by atoms with Gasteiger partial charge in [0.15, 0.2) is 5.65 Å². The van der Waals surface area contributed by atoms with Gasteiger partial charge in [-0.2, -0.15) is 0 Å². The number of nitrogens with one attached hydrogen (secondary N) is 1. The van der Waals surface area contributed by atoms with Gasteiger partial charge in [0.25, 0.3) is 0 Å². The third-order valence-electron chi connectivity index (χ3n) is 2.44. The van der Waals surface area contributed by atoms with E-state index in [1.807, 2.05) is 6.07 Å². The number of hydrogen-bond donors (Lipinski definition) is 1. The Morgan fingerprint density at radius 1 is 1.24 bits per heavy atom. The maximum absolute atomic E-state index is 13.6. The van der Waals surface area contributed by atoms with E-state index >= 15 is 0 Å². The van der Waals surface area contributed by atoms with Crippen LogP contribution in [0.3, 0.4) is 0 Å². The molecule has 0 amide bonds. The molecule has 3 rings (SSSR count). The molecular formula is C12H7ClFN3. The molecule has 3 aromatic rings. The van der Waals surface area contributed by atoms with E-state index in [0.717, 1.165) is 5.52 Å². The van der Waals surface area contributed by atoms with Crippen LogP contribution in [-0.4, -0.2) is 15.0 Å². The summed E-state index contributed by atoms with van der Waals surface area (Å²) in [5.74, 6) is 0.0622. The standard InChI is InChI=1S/C12H7ClFN3/c13-7-3-4-9(14)8(6-7)11-16-10-2-1-5-15-12(10)17-11/h1-6H,(H,15,16,17). The second-order valence-electron chi connectivity index (χ2n) is 3.58. The Balaban J connectivity index is 2.23. The molecule has 0 saturated carbocycles. The fraction of sp³-hybridized carbons (Fsp3) is 0. The van der Waals surface area contributed by atoms with Gasteiger partial charge in [-0.05, 0) is 30.3 Å². The number of benzene rings is 1. The Bertz CT molecular complexity index is 660. The summed E-state index contributed by atoms with van der Waals surface area (Å²) in [6.07, 6.45) is 1.64. The van der Waals surface area contributed by atoms with Crippen LogP contribution in [0.5, 0.6) is 0 Å². The summed E-state index contributed by atoms with van der Waals surface area (Å²) >= 11 is 5.84. The highest BCUT2D eigenvalue weighted by atomic mass is 35.5. The minimum atomic E-state index is -0.367. The number of rotatable bonds is 1. The average Bonchev–Trinajstić information content (AvgIpc) is 2.75. The van der Waals surface area contributed by atoms with Crippen LogP contribution in [0.4, 0.5) is 4.39 Å². The van der Waals surface area contributed by atoms with E-state index in [2.05, 4.69) is 15.0 Å². The summed E-state index contributed by atoms with van der Waals surface area (Å²) in [5.41, 5.74) is 1.67. The third-order valence-corrected chi connectivity index (χ3v) is 2.68. The van der Waals surface area contributed by atoms with Gasteiger partial charge in [-0.15, -0.1) is 0 Å². The first kappa shape index (κ1) is 10.2. The molecule has 0 spiro atoms. The van der Waals surface area contributed by atoms with Gasteiger partial charge in [0, 0.05) is 11.2 Å². The van der Waals surface area contributed by atoms with Crippen molar-refractivity contribution < 1.29 is 4.39 Å². The number of hydrogen-bond acceptors (Lipinski definition) is 2. The minimum absolute atomic E-state index is 0.343. The van der Waals surface area contributed by atoms with Gasteiger partial charge >= 0.3 is 0 Å². The molecule has 2 heterocycles. The average molecular weight is 248 g/mol. The van der Waals surface area contributed by atoms with Crippen molar-refractivity contribution in [1.29, 1.82) is 0 Å². The molecule has 0 fully saturated rings. The zero-order chi connectivity index (χ0) is 11.8. The lowest BCUT2D eigenvalue weighted by Gasteiger charge is -1.99. The van der Waals surface area contributed by atoms with Crippen molar-refractivity contribution in [3.8, 4) is 11.4 Å². The van der Waals surface area contributed by atoms with Gasteiger partial charge in [-0.1, -0.05) is 11.6 Å². The number of halogens is 2. The van der Waals surface area contributed by atoms with E-state index in [4.69, 9.17) is 11.6 Å². The van der Waals surface area contributed by atoms with E-state index in [1.165, 1.54) is 18.2 Å². The van der Waals surface area contributed by atoms with Crippen molar-refractivity contribution in [2.75, 3.05) is 0 Å². The predicted molar refractivity (Wildman–Crippen MR) is 64.3 cm³/mol. The van der Waals surface area contributed by atoms with Gasteiger partial charge in [0.2, 0.25) is 0 Å². The summed E-state index contributed by atoms with van der Waals surface area (Å²) in [7, 11) is 0. The molecule has 0 bridgehead atoms. The highest BCUT2D eigenvalue weighted by Crippen LogP contribution is 2.25. The summed E-state index contributed by atoms with van der Waals surface area (Å²) in [6, 6.07) is 7.98. The molecule has 84 valence electrons. The highest BCUT2D eigenvalue weighted by molar-refractivity contribution is 6.30. The van der Waals surface area contributed by atoms with Crippen molar-refractivity contribution in [1.82, 2.24) is 15.0 Å². The number of aromatic amines is 1. The topological polar surface area (TPSA) is 41.6 Å². The molecule has 5 heteroatoms. The van der Waals surface area contributed by atoms with E-state index in [0.29, 0.717) is 22.1 Å². The van der Waals surface area contributed by atoms with Crippen molar-refractivity contribution >= 4 is 22.8 Å². The molecule has 2 aromatic heterocycles. The SMILES string of the molecule is Fc1ccc(Cl)cc1-c1nc2ncccc2[nH]1. The molecule has 0 radical (unpaired) electrons. The lowest BCUT2D eigenvalue weighted by molar-refractivity contribution is 0.630. The molecule has 0 unspecified atom stereocenters. The Labute approximate surface area is 101 Å². The monoisotopic (exact) mass is 247 g/mol. The zero-order valence-corrected chi connectivity index (χ0v) is 9.37. The molecule has 0 saturated heterocycles. The fourth-order valence-corrected chi connectivity index (χ4v) is 1.82. The maximum atomic E-state index is 13.6. The number of aromatic nitrogens is 3. The lowest BCUT2D eigenvalue weighted by atomic mass is 10.2. The maximum Gasteiger partial charge on any atom is 0.178 e. The third kappa shape index (κ3) is 1.76. The first-order valence-corrected chi connectivity index (χ1v) is 5.38. The molecule has 0 atom stereocenters. The molecule has 0 aliphatic carbocycles. The smallest absolute Gasteiger partial charge is 0.178 e. The van der Waals surface area contributed by atoms with Crippen molar-refractivity contribution in [3.63, 3.8) is 0 Å². The van der Waals surface area contributed by atoms with Crippen LogP contribution in [0, 0.1) is 5.82 Å². The molecule has 1 N–H and O–H groups in total. The van der Waals surface area contributed by atoms with E-state index < -0.39 is 0 Å². The fourth-order valence-electron chi connectivity index (χ4n) is 1.65. The molecule has 3 nitrogen and oxygen atoms in total. The van der Waals surface area contributed by atoms with Crippen LogP contribution >= 0.6 is 11.6 Å². The molecule has 0 aliphatic rings. The normalized spacial score (nSPS) is 10.9. The molecule has 1 aromatic carbocycles. The predicted octanol–water partition coefficient (Wildman–Crippen LogP) is 3.42. The molecular weight excluding hydrogens is 241 g/mol. The van der Waals surface area contributed by atoms with Gasteiger partial charge in [-0.25, -0.2) is 14.4 Å². The van der Waals surface area contributed by atoms with Gasteiger partial charge in [0.05, 0.1) is 11.1 Å². The van der Waals surface area contributed by atoms with Crippen molar-refractivity contribution in [3.05, 3.63) is 47.4 Å². The first-order chi connectivity index (χ1) is 8.24. The number of nitrogens with zero attached hydrogens (tertiary/aromatic N) is 2. The van der Waals surface area contributed by atoms with Crippen LogP contribution < -0.4 is 0 Å². The van der Waals surface area contributed by atoms with E-state index in [1.54, 1.807) is 12.3 Å². The second-order valence-corrected chi connectivity index (χ2v) is 4.02. The Hall–Kier alpha value is -1.94. The zero-order valence-electron chi connectivity index (χ0n) is 8.61. The summed E-state index contributed by atoms with van der Waals surface area (Å²) in [4.78, 5) is 11.3. The van der Waals surface area contributed by atoms with Crippen LogP contribution in [0.2, 0.25) is 5.02 Å². The number of imidazole rings is 1. The Morgan fingerprint density at radius 3 is 2.94 bits per heavy atom. The summed E-state index contributed by atoms with van der Waals surface area (Å²) in [6.45, 7) is 0. The number of pyridine rings is 1.